The van der Waals surface area contributed by atoms with Gasteiger partial charge in [-0.3, -0.25) is 4.79 Å². The Hall–Kier alpha value is -2.05. The van der Waals surface area contributed by atoms with Gasteiger partial charge in [0, 0.05) is 11.9 Å². The minimum Gasteiger partial charge on any atom is -0.347 e. The number of hydrogen-bond acceptors (Lipinski definition) is 4. The first-order valence-electron chi connectivity index (χ1n) is 6.66. The van der Waals surface area contributed by atoms with Crippen molar-refractivity contribution in [3.63, 3.8) is 0 Å². The maximum atomic E-state index is 13.5. The molecule has 0 fully saturated rings. The molecule has 112 valence electrons. The van der Waals surface area contributed by atoms with Crippen LogP contribution < -0.4 is 5.32 Å². The Labute approximate surface area is 135 Å². The van der Waals surface area contributed by atoms with Crippen LogP contribution in [0.25, 0.3) is 9.88 Å². The number of nitrogens with zero attached hydrogens (tertiary/aromatic N) is 1. The summed E-state index contributed by atoms with van der Waals surface area (Å²) in [7, 11) is 0. The number of nitrogens with one attached hydrogen (secondary N) is 1. The molecule has 6 heteroatoms. The Morgan fingerprint density at radius 2 is 2.18 bits per heavy atom. The van der Waals surface area contributed by atoms with Gasteiger partial charge in [-0.05, 0) is 35.6 Å². The molecule has 3 rings (SSSR count). The Kier molecular flexibility index (Phi) is 4.31. The third-order valence-electron chi connectivity index (χ3n) is 3.16. The van der Waals surface area contributed by atoms with E-state index in [9.17, 15) is 9.18 Å². The van der Waals surface area contributed by atoms with Gasteiger partial charge in [-0.2, -0.15) is 0 Å². The summed E-state index contributed by atoms with van der Waals surface area (Å²) in [4.78, 5) is 17.5. The lowest BCUT2D eigenvalue weighted by molar-refractivity contribution is 0.0946. The molecule has 0 saturated carbocycles. The lowest BCUT2D eigenvalue weighted by Crippen LogP contribution is -2.23. The Morgan fingerprint density at radius 1 is 1.32 bits per heavy atom. The molecule has 0 unspecified atom stereocenters. The highest BCUT2D eigenvalue weighted by molar-refractivity contribution is 7.20. The number of aryl methyl sites for hydroxylation is 1. The number of thiazole rings is 1. The van der Waals surface area contributed by atoms with Crippen molar-refractivity contribution in [1.29, 1.82) is 0 Å². The lowest BCUT2D eigenvalue weighted by Gasteiger charge is -2.05. The van der Waals surface area contributed by atoms with Crippen LogP contribution in [0.1, 0.15) is 21.6 Å². The summed E-state index contributed by atoms with van der Waals surface area (Å²) in [5.74, 6) is -0.513. The Bertz CT molecular complexity index is 796. The molecule has 0 spiro atoms. The molecule has 22 heavy (non-hydrogen) atoms. The fraction of sp³-hybridized carbons (Fsp3) is 0.125. The second kappa shape index (κ2) is 6.37. The number of aromatic nitrogens is 1. The van der Waals surface area contributed by atoms with Crippen molar-refractivity contribution in [2.24, 2.45) is 0 Å². The SMILES string of the molecule is Cc1ccc(CNC(=O)c2csc(-c3cccs3)n2)cc1F. The van der Waals surface area contributed by atoms with Gasteiger partial charge >= 0.3 is 0 Å². The molecule has 0 atom stereocenters. The van der Waals surface area contributed by atoms with Crippen molar-refractivity contribution in [2.75, 3.05) is 0 Å². The van der Waals surface area contributed by atoms with Crippen LogP contribution in [-0.2, 0) is 6.54 Å². The molecule has 3 aromatic rings. The van der Waals surface area contributed by atoms with E-state index >= 15 is 0 Å². The van der Waals surface area contributed by atoms with Gasteiger partial charge in [-0.25, -0.2) is 9.37 Å². The normalized spacial score (nSPS) is 10.6. The van der Waals surface area contributed by atoms with Gasteiger partial charge in [0.1, 0.15) is 16.5 Å². The number of carbonyl (C=O) groups is 1. The number of rotatable bonds is 4. The smallest absolute Gasteiger partial charge is 0.271 e. The second-order valence-electron chi connectivity index (χ2n) is 4.78. The van der Waals surface area contributed by atoms with E-state index in [0.29, 0.717) is 11.3 Å². The highest BCUT2D eigenvalue weighted by Gasteiger charge is 2.12. The minimum atomic E-state index is -0.264. The second-order valence-corrected chi connectivity index (χ2v) is 6.59. The number of carbonyl (C=O) groups excluding carboxylic acids is 1. The predicted molar refractivity (Wildman–Crippen MR) is 87.7 cm³/mol. The zero-order valence-electron chi connectivity index (χ0n) is 11.8. The maximum Gasteiger partial charge on any atom is 0.271 e. The minimum absolute atomic E-state index is 0.250. The molecule has 0 radical (unpaired) electrons. The summed E-state index contributed by atoms with van der Waals surface area (Å²) in [6, 6.07) is 8.87. The van der Waals surface area contributed by atoms with E-state index < -0.39 is 0 Å². The zero-order valence-corrected chi connectivity index (χ0v) is 13.4. The Morgan fingerprint density at radius 3 is 2.91 bits per heavy atom. The first-order valence-corrected chi connectivity index (χ1v) is 8.42. The van der Waals surface area contributed by atoms with E-state index in [1.54, 1.807) is 35.8 Å². The van der Waals surface area contributed by atoms with E-state index in [2.05, 4.69) is 10.3 Å². The van der Waals surface area contributed by atoms with Gasteiger partial charge in [-0.1, -0.05) is 18.2 Å². The third kappa shape index (κ3) is 3.23. The number of hydrogen-bond donors (Lipinski definition) is 1. The van der Waals surface area contributed by atoms with E-state index in [-0.39, 0.29) is 18.3 Å². The molecule has 1 aromatic carbocycles. The van der Waals surface area contributed by atoms with Crippen LogP contribution in [0.3, 0.4) is 0 Å². The third-order valence-corrected chi connectivity index (χ3v) is 5.04. The van der Waals surface area contributed by atoms with Crippen molar-refractivity contribution in [1.82, 2.24) is 10.3 Å². The van der Waals surface area contributed by atoms with Gasteiger partial charge in [0.05, 0.1) is 4.88 Å². The van der Waals surface area contributed by atoms with Crippen LogP contribution in [0.4, 0.5) is 4.39 Å². The van der Waals surface area contributed by atoms with Crippen LogP contribution in [0.15, 0.2) is 41.1 Å². The molecule has 1 amide bonds. The van der Waals surface area contributed by atoms with E-state index in [0.717, 1.165) is 15.4 Å². The fourth-order valence-electron chi connectivity index (χ4n) is 1.91. The predicted octanol–water partition coefficient (Wildman–Crippen LogP) is 4.25. The van der Waals surface area contributed by atoms with Gasteiger partial charge in [0.2, 0.25) is 0 Å². The van der Waals surface area contributed by atoms with Crippen molar-refractivity contribution in [3.05, 3.63) is 63.7 Å². The molecule has 0 aliphatic carbocycles. The van der Waals surface area contributed by atoms with Crippen LogP contribution in [0.5, 0.6) is 0 Å². The number of amides is 1. The van der Waals surface area contributed by atoms with Crippen molar-refractivity contribution in [3.8, 4) is 9.88 Å². The first kappa shape index (κ1) is 14.9. The molecule has 0 bridgehead atoms. The zero-order chi connectivity index (χ0) is 15.5. The van der Waals surface area contributed by atoms with Gasteiger partial charge < -0.3 is 5.32 Å². The highest BCUT2D eigenvalue weighted by Crippen LogP contribution is 2.27. The summed E-state index contributed by atoms with van der Waals surface area (Å²) in [6.07, 6.45) is 0. The average Bonchev–Trinajstić information content (AvgIpc) is 3.18. The van der Waals surface area contributed by atoms with Gasteiger partial charge in [0.15, 0.2) is 0 Å². The molecule has 2 aromatic heterocycles. The van der Waals surface area contributed by atoms with E-state index in [1.165, 1.54) is 17.4 Å². The molecule has 0 saturated heterocycles. The van der Waals surface area contributed by atoms with Crippen LogP contribution in [0, 0.1) is 12.7 Å². The number of thiophene rings is 1. The van der Waals surface area contributed by atoms with Crippen molar-refractivity contribution < 1.29 is 9.18 Å². The van der Waals surface area contributed by atoms with Crippen LogP contribution in [0.2, 0.25) is 0 Å². The molecule has 1 N–H and O–H groups in total. The highest BCUT2D eigenvalue weighted by atomic mass is 32.1. The Balaban J connectivity index is 1.66. The topological polar surface area (TPSA) is 42.0 Å². The molecular weight excluding hydrogens is 319 g/mol. The molecular formula is C16H13FN2OS2. The molecule has 0 aliphatic heterocycles. The summed E-state index contributed by atoms with van der Waals surface area (Å²) in [6.45, 7) is 1.99. The summed E-state index contributed by atoms with van der Waals surface area (Å²) in [5.41, 5.74) is 1.71. The van der Waals surface area contributed by atoms with Crippen LogP contribution in [-0.4, -0.2) is 10.9 Å². The maximum absolute atomic E-state index is 13.5. The molecule has 0 aliphatic rings. The average molecular weight is 332 g/mol. The standard InChI is InChI=1S/C16H13FN2OS2/c1-10-4-5-11(7-12(10)17)8-18-15(20)13-9-22-16(19-13)14-3-2-6-21-14/h2-7,9H,8H2,1H3,(H,18,20). The number of halogens is 1. The van der Waals surface area contributed by atoms with Crippen molar-refractivity contribution in [2.45, 2.75) is 13.5 Å². The monoisotopic (exact) mass is 332 g/mol. The fourth-order valence-corrected chi connectivity index (χ4v) is 3.52. The van der Waals surface area contributed by atoms with Crippen molar-refractivity contribution >= 4 is 28.6 Å². The molecule has 2 heterocycles. The summed E-state index contributed by atoms with van der Waals surface area (Å²) >= 11 is 3.03. The van der Waals surface area contributed by atoms with Gasteiger partial charge in [0.25, 0.3) is 5.91 Å². The lowest BCUT2D eigenvalue weighted by atomic mass is 10.1. The largest absolute Gasteiger partial charge is 0.347 e. The quantitative estimate of drug-likeness (QED) is 0.776. The first-order chi connectivity index (χ1) is 10.6. The van der Waals surface area contributed by atoms with Gasteiger partial charge in [-0.15, -0.1) is 22.7 Å². The van der Waals surface area contributed by atoms with Crippen LogP contribution >= 0.6 is 22.7 Å². The molecule has 3 nitrogen and oxygen atoms in total. The summed E-state index contributed by atoms with van der Waals surface area (Å²) in [5, 5.41) is 7.31. The van der Waals surface area contributed by atoms with E-state index in [1.807, 2.05) is 17.5 Å². The summed E-state index contributed by atoms with van der Waals surface area (Å²) < 4.78 is 13.5. The van der Waals surface area contributed by atoms with E-state index in [4.69, 9.17) is 0 Å². The number of benzene rings is 1.